The van der Waals surface area contributed by atoms with E-state index >= 15 is 0 Å². The minimum Gasteiger partial charge on any atom is -0.493 e. The van der Waals surface area contributed by atoms with E-state index in [1.54, 1.807) is 49.8 Å². The highest BCUT2D eigenvalue weighted by Crippen LogP contribution is 2.42. The third-order valence-corrected chi connectivity index (χ3v) is 6.22. The zero-order chi connectivity index (χ0) is 20.4. The largest absolute Gasteiger partial charge is 0.493 e. The van der Waals surface area contributed by atoms with Gasteiger partial charge >= 0.3 is 6.03 Å². The molecule has 7 heteroatoms. The van der Waals surface area contributed by atoms with Crippen molar-refractivity contribution in [2.24, 2.45) is 0 Å². The summed E-state index contributed by atoms with van der Waals surface area (Å²) in [6.07, 6.45) is 0.742. The first-order valence-corrected chi connectivity index (χ1v) is 10.5. The van der Waals surface area contributed by atoms with Crippen LogP contribution in [0, 0.1) is 0 Å². The Labute approximate surface area is 178 Å². The minimum atomic E-state index is -0.189. The Morgan fingerprint density at radius 1 is 1.14 bits per heavy atom. The molecule has 1 N–H and O–H groups in total. The van der Waals surface area contributed by atoms with Gasteiger partial charge in [-0.15, -0.1) is 11.3 Å². The number of nitrogens with zero attached hydrogens (tertiary/aromatic N) is 1. The van der Waals surface area contributed by atoms with Crippen LogP contribution in [0.4, 0.5) is 10.5 Å². The van der Waals surface area contributed by atoms with Crippen molar-refractivity contribution in [3.63, 3.8) is 0 Å². The van der Waals surface area contributed by atoms with Crippen LogP contribution in [0.25, 0.3) is 0 Å². The van der Waals surface area contributed by atoms with Crippen LogP contribution in [0.2, 0.25) is 5.02 Å². The lowest BCUT2D eigenvalue weighted by atomic mass is 9.91. The van der Waals surface area contributed by atoms with E-state index in [1.165, 1.54) is 0 Å². The lowest BCUT2D eigenvalue weighted by Gasteiger charge is -2.37. The Hall–Kier alpha value is -2.70. The molecule has 2 heterocycles. The topological polar surface area (TPSA) is 50.8 Å². The number of fused-ring (bicyclic) bond motifs is 1. The molecule has 0 saturated heterocycles. The number of methoxy groups -OCH3 is 2. The first kappa shape index (κ1) is 19.6. The van der Waals surface area contributed by atoms with Crippen molar-refractivity contribution >= 4 is 34.7 Å². The van der Waals surface area contributed by atoms with Gasteiger partial charge in [-0.05, 0) is 65.4 Å². The molecule has 2 amide bonds. The fraction of sp³-hybridized carbons (Fsp3) is 0.227. The number of halogens is 1. The molecular weight excluding hydrogens is 408 g/mol. The van der Waals surface area contributed by atoms with Crippen LogP contribution in [0.5, 0.6) is 11.5 Å². The zero-order valence-electron chi connectivity index (χ0n) is 16.1. The van der Waals surface area contributed by atoms with Gasteiger partial charge in [0, 0.05) is 22.1 Å². The van der Waals surface area contributed by atoms with Gasteiger partial charge < -0.3 is 19.7 Å². The number of rotatable bonds is 4. The Morgan fingerprint density at radius 3 is 2.52 bits per heavy atom. The third kappa shape index (κ3) is 3.91. The lowest BCUT2D eigenvalue weighted by Crippen LogP contribution is -2.42. The van der Waals surface area contributed by atoms with Gasteiger partial charge in [-0.2, -0.15) is 0 Å². The Balaban J connectivity index is 1.71. The fourth-order valence-electron chi connectivity index (χ4n) is 3.65. The van der Waals surface area contributed by atoms with E-state index in [4.69, 9.17) is 21.1 Å². The maximum Gasteiger partial charge on any atom is 0.322 e. The van der Waals surface area contributed by atoms with Crippen LogP contribution in [0.3, 0.4) is 0 Å². The average molecular weight is 429 g/mol. The Morgan fingerprint density at radius 2 is 1.86 bits per heavy atom. The lowest BCUT2D eigenvalue weighted by molar-refractivity contribution is 0.194. The predicted molar refractivity (Wildman–Crippen MR) is 117 cm³/mol. The molecular formula is C22H21ClN2O3S. The Bertz CT molecular complexity index is 1010. The van der Waals surface area contributed by atoms with E-state index in [2.05, 4.69) is 11.4 Å². The summed E-state index contributed by atoms with van der Waals surface area (Å²) in [5.74, 6) is 1.36. The summed E-state index contributed by atoms with van der Waals surface area (Å²) < 4.78 is 11.0. The normalized spacial score (nSPS) is 15.6. The maximum absolute atomic E-state index is 13.2. The molecule has 0 unspecified atom stereocenters. The smallest absolute Gasteiger partial charge is 0.322 e. The highest BCUT2D eigenvalue weighted by atomic mass is 35.5. The summed E-state index contributed by atoms with van der Waals surface area (Å²) in [5, 5.41) is 5.65. The summed E-state index contributed by atoms with van der Waals surface area (Å²) in [5.41, 5.74) is 2.93. The highest BCUT2D eigenvalue weighted by Gasteiger charge is 2.34. The number of amides is 2. The van der Waals surface area contributed by atoms with Crippen LogP contribution in [0.1, 0.15) is 22.0 Å². The predicted octanol–water partition coefficient (Wildman–Crippen LogP) is 5.60. The zero-order valence-corrected chi connectivity index (χ0v) is 17.7. The SMILES string of the molecule is COc1cc2c(cc1OC)[C@H](c1cccs1)N(C(=O)Nc1ccc(Cl)cc1)CC2. The van der Waals surface area contributed by atoms with Gasteiger partial charge in [0.25, 0.3) is 0 Å². The quantitative estimate of drug-likeness (QED) is 0.588. The number of nitrogens with one attached hydrogen (secondary N) is 1. The second-order valence-electron chi connectivity index (χ2n) is 6.70. The maximum atomic E-state index is 13.2. The average Bonchev–Trinajstić information content (AvgIpc) is 3.27. The van der Waals surface area contributed by atoms with Gasteiger partial charge in [-0.3, -0.25) is 0 Å². The van der Waals surface area contributed by atoms with E-state index in [1.807, 2.05) is 28.5 Å². The standard InChI is InChI=1S/C22H21ClN2O3S/c1-27-18-12-14-9-10-25(22(26)24-16-7-5-15(23)6-8-16)21(20-4-3-11-29-20)17(14)13-19(18)28-2/h3-8,11-13,21H,9-10H2,1-2H3,(H,24,26)/t21-/m1/s1. The summed E-state index contributed by atoms with van der Waals surface area (Å²) in [4.78, 5) is 16.1. The molecule has 150 valence electrons. The number of urea groups is 1. The number of hydrogen-bond donors (Lipinski definition) is 1. The van der Waals surface area contributed by atoms with Crippen LogP contribution in [-0.4, -0.2) is 31.7 Å². The first-order valence-electron chi connectivity index (χ1n) is 9.22. The number of carbonyl (C=O) groups is 1. The van der Waals surface area contributed by atoms with Crippen molar-refractivity contribution in [2.45, 2.75) is 12.5 Å². The molecule has 1 aromatic heterocycles. The number of carbonyl (C=O) groups excluding carboxylic acids is 1. The van der Waals surface area contributed by atoms with Crippen molar-refractivity contribution in [3.8, 4) is 11.5 Å². The monoisotopic (exact) mass is 428 g/mol. The van der Waals surface area contributed by atoms with E-state index in [0.717, 1.165) is 22.4 Å². The van der Waals surface area contributed by atoms with Gasteiger partial charge in [-0.25, -0.2) is 4.79 Å². The van der Waals surface area contributed by atoms with Gasteiger partial charge in [-0.1, -0.05) is 17.7 Å². The van der Waals surface area contributed by atoms with E-state index in [-0.39, 0.29) is 12.1 Å². The molecule has 3 aromatic rings. The number of thiophene rings is 1. The summed E-state index contributed by atoms with van der Waals surface area (Å²) in [6.45, 7) is 0.602. The van der Waals surface area contributed by atoms with E-state index in [0.29, 0.717) is 28.8 Å². The molecule has 29 heavy (non-hydrogen) atoms. The second kappa shape index (κ2) is 8.35. The van der Waals surface area contributed by atoms with Gasteiger partial charge in [0.05, 0.1) is 20.3 Å². The van der Waals surface area contributed by atoms with E-state index in [9.17, 15) is 4.79 Å². The van der Waals surface area contributed by atoms with Crippen LogP contribution in [0.15, 0.2) is 53.9 Å². The van der Waals surface area contributed by atoms with Crippen molar-refractivity contribution in [3.05, 3.63) is 74.9 Å². The molecule has 1 aliphatic rings. The molecule has 4 rings (SSSR count). The fourth-order valence-corrected chi connectivity index (χ4v) is 4.63. The Kier molecular flexibility index (Phi) is 5.65. The molecule has 1 atom stereocenters. The molecule has 0 radical (unpaired) electrons. The van der Waals surface area contributed by atoms with Crippen molar-refractivity contribution in [2.75, 3.05) is 26.1 Å². The second-order valence-corrected chi connectivity index (χ2v) is 8.12. The third-order valence-electron chi connectivity index (χ3n) is 5.04. The highest BCUT2D eigenvalue weighted by molar-refractivity contribution is 7.10. The molecule has 1 aliphatic heterocycles. The molecule has 0 bridgehead atoms. The van der Waals surface area contributed by atoms with Crippen molar-refractivity contribution in [1.82, 2.24) is 4.90 Å². The van der Waals surface area contributed by atoms with Gasteiger partial charge in [0.2, 0.25) is 0 Å². The van der Waals surface area contributed by atoms with Gasteiger partial charge in [0.15, 0.2) is 11.5 Å². The number of benzene rings is 2. The van der Waals surface area contributed by atoms with Gasteiger partial charge in [0.1, 0.15) is 0 Å². The van der Waals surface area contributed by atoms with Crippen LogP contribution >= 0.6 is 22.9 Å². The molecule has 0 saturated carbocycles. The van der Waals surface area contributed by atoms with Crippen molar-refractivity contribution in [1.29, 1.82) is 0 Å². The number of ether oxygens (including phenoxy) is 2. The summed E-state index contributed by atoms with van der Waals surface area (Å²) in [6, 6.07) is 14.8. The molecule has 2 aromatic carbocycles. The van der Waals surface area contributed by atoms with Crippen LogP contribution < -0.4 is 14.8 Å². The molecule has 0 fully saturated rings. The van der Waals surface area contributed by atoms with E-state index < -0.39 is 0 Å². The summed E-state index contributed by atoms with van der Waals surface area (Å²) >= 11 is 7.59. The van der Waals surface area contributed by atoms with Crippen molar-refractivity contribution < 1.29 is 14.3 Å². The molecule has 5 nitrogen and oxygen atoms in total. The number of hydrogen-bond acceptors (Lipinski definition) is 4. The number of anilines is 1. The molecule has 0 aliphatic carbocycles. The first-order chi connectivity index (χ1) is 14.1. The summed E-state index contributed by atoms with van der Waals surface area (Å²) in [7, 11) is 3.26. The molecule has 0 spiro atoms. The van der Waals surface area contributed by atoms with Crippen LogP contribution in [-0.2, 0) is 6.42 Å². The minimum absolute atomic E-state index is 0.147.